The number of carbonyl (C=O) groups excluding carboxylic acids is 2. The van der Waals surface area contributed by atoms with Crippen molar-refractivity contribution in [3.8, 4) is 0 Å². The lowest BCUT2D eigenvalue weighted by Crippen LogP contribution is -2.48. The molecule has 0 aliphatic carbocycles. The number of aromatic nitrogens is 2. The number of cyclic esters (lactones) is 1. The molecule has 12 nitrogen and oxygen atoms in total. The Bertz CT molecular complexity index is 1700. The second-order valence-corrected chi connectivity index (χ2v) is 16.5. The summed E-state index contributed by atoms with van der Waals surface area (Å²) in [5, 5.41) is 3.99. The average molecular weight is 729 g/mol. The highest BCUT2D eigenvalue weighted by atomic mass is 32.2. The first-order chi connectivity index (χ1) is 24.2. The number of hydrogen-bond acceptors (Lipinski definition) is 9. The van der Waals surface area contributed by atoms with Crippen molar-refractivity contribution in [3.63, 3.8) is 0 Å². The number of hydrogen-bond donors (Lipinski definition) is 0. The van der Waals surface area contributed by atoms with Crippen LogP contribution in [0.5, 0.6) is 0 Å². The molecule has 0 spiro atoms. The van der Waals surface area contributed by atoms with E-state index in [2.05, 4.69) is 16.9 Å². The second kappa shape index (κ2) is 16.7. The number of anilines is 1. The van der Waals surface area contributed by atoms with E-state index in [9.17, 15) is 18.0 Å². The van der Waals surface area contributed by atoms with E-state index in [1.54, 1.807) is 11.9 Å². The quantitative estimate of drug-likeness (QED) is 0.306. The van der Waals surface area contributed by atoms with Gasteiger partial charge in [-0.15, -0.1) is 0 Å². The van der Waals surface area contributed by atoms with Gasteiger partial charge in [-0.05, 0) is 74.1 Å². The van der Waals surface area contributed by atoms with Gasteiger partial charge in [0.15, 0.2) is 0 Å². The molecule has 0 unspecified atom stereocenters. The molecule has 0 N–H and O–H groups in total. The van der Waals surface area contributed by atoms with Crippen molar-refractivity contribution in [1.29, 1.82) is 0 Å². The van der Waals surface area contributed by atoms with Gasteiger partial charge in [-0.2, -0.15) is 9.40 Å². The maximum atomic E-state index is 15.1. The number of ether oxygens (including phenoxy) is 2. The van der Waals surface area contributed by atoms with Crippen molar-refractivity contribution >= 4 is 33.8 Å². The standard InChI is InChI=1S/C37H53FN6O6S/c1-26-7-8-27(2)34(49-37(46)43-13-11-40(5)12-14-43)10-9-28(3)36(50-35(45)19-26)29(4)20-30-21-31(38)23-32(22-30)42-15-17-44(18-16-42)51(47,48)33-24-39-41(6)25-33/h9-10,20-28,34,36H,7-8,11-19H2,1-6H3/b10-9+,29-20+/t26-,27+,28+,34+,36+/m1/s1. The summed E-state index contributed by atoms with van der Waals surface area (Å²) in [5.41, 5.74) is 1.99. The fraction of sp³-hybridized carbons (Fsp3) is 0.595. The Labute approximate surface area is 301 Å². The predicted molar refractivity (Wildman–Crippen MR) is 194 cm³/mol. The molecule has 1 aromatic carbocycles. The van der Waals surface area contributed by atoms with Crippen LogP contribution in [0.4, 0.5) is 14.9 Å². The summed E-state index contributed by atoms with van der Waals surface area (Å²) in [6.45, 7) is 12.1. The Morgan fingerprint density at radius 1 is 0.980 bits per heavy atom. The fourth-order valence-electron chi connectivity index (χ4n) is 6.89. The lowest BCUT2D eigenvalue weighted by Gasteiger charge is -2.35. The highest BCUT2D eigenvalue weighted by Crippen LogP contribution is 2.29. The molecule has 3 aliphatic rings. The number of amides is 1. The molecule has 280 valence electrons. The van der Waals surface area contributed by atoms with Gasteiger partial charge in [0.25, 0.3) is 0 Å². The first-order valence-corrected chi connectivity index (χ1v) is 19.4. The van der Waals surface area contributed by atoms with Crippen molar-refractivity contribution in [3.05, 3.63) is 59.7 Å². The minimum atomic E-state index is -3.67. The summed E-state index contributed by atoms with van der Waals surface area (Å²) in [6, 6.07) is 4.75. The van der Waals surface area contributed by atoms with Gasteiger partial charge >= 0.3 is 12.1 Å². The van der Waals surface area contributed by atoms with Crippen LogP contribution in [0.3, 0.4) is 0 Å². The topological polar surface area (TPSA) is 118 Å². The van der Waals surface area contributed by atoms with Gasteiger partial charge in [-0.3, -0.25) is 9.48 Å². The fourth-order valence-corrected chi connectivity index (χ4v) is 8.30. The van der Waals surface area contributed by atoms with Crippen LogP contribution in [-0.2, 0) is 31.3 Å². The molecular formula is C37H53FN6O6S. The number of sulfonamides is 1. The van der Waals surface area contributed by atoms with E-state index in [1.165, 1.54) is 33.5 Å². The van der Waals surface area contributed by atoms with Crippen molar-refractivity contribution in [1.82, 2.24) is 23.9 Å². The van der Waals surface area contributed by atoms with Crippen LogP contribution in [0.1, 0.15) is 52.5 Å². The van der Waals surface area contributed by atoms with Crippen LogP contribution in [0.25, 0.3) is 6.08 Å². The number of aryl methyl sites for hydroxylation is 1. The van der Waals surface area contributed by atoms with Gasteiger partial charge in [0.1, 0.15) is 22.9 Å². The monoisotopic (exact) mass is 728 g/mol. The third kappa shape index (κ3) is 9.98. The largest absolute Gasteiger partial charge is 0.457 e. The molecule has 0 saturated carbocycles. The van der Waals surface area contributed by atoms with E-state index in [0.29, 0.717) is 37.4 Å². The Balaban J connectivity index is 1.32. The third-order valence-electron chi connectivity index (χ3n) is 10.2. The first kappa shape index (κ1) is 38.5. The third-order valence-corrected chi connectivity index (χ3v) is 12.1. The molecular weight excluding hydrogens is 676 g/mol. The van der Waals surface area contributed by atoms with Crippen molar-refractivity contribution < 1.29 is 31.9 Å². The molecule has 14 heteroatoms. The van der Waals surface area contributed by atoms with Gasteiger partial charge in [0.05, 0.1) is 6.20 Å². The van der Waals surface area contributed by atoms with Gasteiger partial charge in [0.2, 0.25) is 10.0 Å². The van der Waals surface area contributed by atoms with E-state index in [0.717, 1.165) is 31.5 Å². The van der Waals surface area contributed by atoms with Crippen molar-refractivity contribution in [2.45, 2.75) is 64.1 Å². The Morgan fingerprint density at radius 2 is 1.69 bits per heavy atom. The van der Waals surface area contributed by atoms with E-state index < -0.39 is 28.0 Å². The average Bonchev–Trinajstić information content (AvgIpc) is 3.54. The number of rotatable bonds is 6. The number of likely N-dealkylation sites (N-methyl/N-ethyl adjacent to an activating group) is 1. The zero-order valence-corrected chi connectivity index (χ0v) is 31.5. The summed E-state index contributed by atoms with van der Waals surface area (Å²) in [5.74, 6) is -0.830. The molecule has 5 atom stereocenters. The highest BCUT2D eigenvalue weighted by molar-refractivity contribution is 7.89. The zero-order valence-electron chi connectivity index (χ0n) is 30.7. The number of carbonyl (C=O) groups is 2. The lowest BCUT2D eigenvalue weighted by molar-refractivity contribution is -0.149. The predicted octanol–water partition coefficient (Wildman–Crippen LogP) is 4.79. The maximum absolute atomic E-state index is 15.1. The lowest BCUT2D eigenvalue weighted by atomic mass is 9.89. The Kier molecular flexibility index (Phi) is 12.6. The van der Waals surface area contributed by atoms with Crippen LogP contribution in [0, 0.1) is 23.6 Å². The molecule has 0 radical (unpaired) electrons. The molecule has 4 heterocycles. The summed E-state index contributed by atoms with van der Waals surface area (Å²) >= 11 is 0. The normalized spacial score (nSPS) is 27.3. The molecule has 0 bridgehead atoms. The zero-order chi connectivity index (χ0) is 36.9. The van der Waals surface area contributed by atoms with E-state index in [4.69, 9.17) is 9.47 Å². The number of piperazine rings is 2. The Morgan fingerprint density at radius 3 is 2.35 bits per heavy atom. The van der Waals surface area contributed by atoms with Gasteiger partial charge in [-0.1, -0.05) is 32.9 Å². The smallest absolute Gasteiger partial charge is 0.410 e. The SMILES string of the molecule is C/C(=C\c1cc(F)cc(N2CCN(S(=O)(=O)c3cnn(C)c3)CC2)c1)[C@H]1OC(=O)C[C@H](C)CC[C@H](C)[C@@H](OC(=O)N2CCN(C)CC2)/C=C/[C@@H]1C. The van der Waals surface area contributed by atoms with E-state index >= 15 is 4.39 Å². The van der Waals surface area contributed by atoms with Crippen LogP contribution < -0.4 is 4.90 Å². The highest BCUT2D eigenvalue weighted by Gasteiger charge is 2.31. The van der Waals surface area contributed by atoms with E-state index in [1.807, 2.05) is 57.0 Å². The van der Waals surface area contributed by atoms with Crippen LogP contribution in [-0.4, -0.2) is 116 Å². The Hall–Kier alpha value is -3.75. The first-order valence-electron chi connectivity index (χ1n) is 17.9. The number of nitrogens with zero attached hydrogens (tertiary/aromatic N) is 6. The molecule has 51 heavy (non-hydrogen) atoms. The minimum Gasteiger partial charge on any atom is -0.457 e. The summed E-state index contributed by atoms with van der Waals surface area (Å²) in [7, 11) is 0.0370. The molecule has 3 aliphatic heterocycles. The summed E-state index contributed by atoms with van der Waals surface area (Å²) in [6.07, 6.45) is 9.03. The molecule has 2 aromatic rings. The molecule has 5 rings (SSSR count). The van der Waals surface area contributed by atoms with Gasteiger partial charge < -0.3 is 24.2 Å². The number of esters is 1. The van der Waals surface area contributed by atoms with Crippen LogP contribution in [0.2, 0.25) is 0 Å². The molecule has 1 aromatic heterocycles. The van der Waals surface area contributed by atoms with Crippen LogP contribution in [0.15, 0.2) is 53.2 Å². The second-order valence-electron chi connectivity index (χ2n) is 14.5. The molecule has 2 saturated heterocycles. The maximum Gasteiger partial charge on any atom is 0.410 e. The van der Waals surface area contributed by atoms with Gasteiger partial charge in [0, 0.05) is 83.6 Å². The van der Waals surface area contributed by atoms with Gasteiger partial charge in [-0.25, -0.2) is 17.6 Å². The van der Waals surface area contributed by atoms with E-state index in [-0.39, 0.29) is 54.2 Å². The summed E-state index contributed by atoms with van der Waals surface area (Å²) < 4.78 is 56.3. The van der Waals surface area contributed by atoms with Crippen molar-refractivity contribution in [2.24, 2.45) is 24.8 Å². The molecule has 1 amide bonds. The number of benzene rings is 1. The molecule has 2 fully saturated rings. The van der Waals surface area contributed by atoms with Crippen LogP contribution >= 0.6 is 0 Å². The van der Waals surface area contributed by atoms with Crippen molar-refractivity contribution in [2.75, 3.05) is 64.3 Å². The number of halogens is 1. The summed E-state index contributed by atoms with van der Waals surface area (Å²) in [4.78, 5) is 32.4. The minimum absolute atomic E-state index is 0.0564.